The first kappa shape index (κ1) is 65.9. The zero-order valence-corrected chi connectivity index (χ0v) is 50.9. The van der Waals surface area contributed by atoms with Crippen LogP contribution in [0.1, 0.15) is 130 Å². The Morgan fingerprint density at radius 1 is 0.460 bits per heavy atom. The van der Waals surface area contributed by atoms with Crippen LogP contribution >= 0.6 is 34.0 Å². The predicted octanol–water partition coefficient (Wildman–Crippen LogP) is 14.9. The lowest BCUT2D eigenvalue weighted by Crippen LogP contribution is -2.27. The molecule has 3 aromatic heterocycles. The van der Waals surface area contributed by atoms with Crippen molar-refractivity contribution in [1.29, 1.82) is 5.26 Å². The lowest BCUT2D eigenvalue weighted by molar-refractivity contribution is -0.140. The van der Waals surface area contributed by atoms with Crippen molar-refractivity contribution >= 4 is 51.7 Å². The molecule has 3 heterocycles. The molecule has 3 N–H and O–H groups in total. The van der Waals surface area contributed by atoms with Crippen LogP contribution in [0.15, 0.2) is 133 Å². The number of rotatable bonds is 18. The zero-order valence-electron chi connectivity index (χ0n) is 48.4. The Morgan fingerprint density at radius 3 is 1.09 bits per heavy atom. The van der Waals surface area contributed by atoms with Gasteiger partial charge in [-0.05, 0) is 121 Å². The molecule has 0 radical (unpaired) electrons. The van der Waals surface area contributed by atoms with E-state index in [9.17, 15) is 45.1 Å². The van der Waals surface area contributed by atoms with Crippen LogP contribution < -0.4 is 16.0 Å². The first-order valence-corrected chi connectivity index (χ1v) is 30.0. The summed E-state index contributed by atoms with van der Waals surface area (Å²) >= 11 is 3.70. The fraction of sp³-hybridized carbons (Fsp3) is 0.281. The number of aryl methyl sites for hydroxylation is 4. The maximum Gasteiger partial charge on any atom is 0.419 e. The first-order chi connectivity index (χ1) is 41.4. The zero-order chi connectivity index (χ0) is 63.0. The second-order valence-corrected chi connectivity index (χ2v) is 23.2. The third kappa shape index (κ3) is 19.0. The molecule has 0 aliphatic carbocycles. The summed E-state index contributed by atoms with van der Waals surface area (Å²) in [5.41, 5.74) is 6.92. The van der Waals surface area contributed by atoms with E-state index >= 15 is 0 Å². The lowest BCUT2D eigenvalue weighted by Gasteiger charge is -2.15. The Kier molecular flexibility index (Phi) is 22.9. The predicted molar refractivity (Wildman–Crippen MR) is 324 cm³/mol. The van der Waals surface area contributed by atoms with Gasteiger partial charge in [0, 0.05) is 37.5 Å². The number of nitriles is 1. The average molecular weight is 1250 g/mol. The number of aromatic nitrogens is 6. The molecule has 0 saturated carbocycles. The number of amides is 3. The largest absolute Gasteiger partial charge is 0.419 e. The van der Waals surface area contributed by atoms with Crippen molar-refractivity contribution < 1.29 is 45.1 Å². The molecule has 13 nitrogen and oxygen atoms in total. The second-order valence-electron chi connectivity index (χ2n) is 20.1. The van der Waals surface area contributed by atoms with Gasteiger partial charge in [0.15, 0.2) is 0 Å². The van der Waals surface area contributed by atoms with Gasteiger partial charge in [-0.1, -0.05) is 152 Å². The Balaban J connectivity index is 0.000000187. The van der Waals surface area contributed by atoms with Crippen molar-refractivity contribution in [2.45, 2.75) is 117 Å². The topological polar surface area (TPSA) is 188 Å². The number of hydrogen-bond acceptors (Lipinski definition) is 13. The molecular formula is C64H61F7N10O3S3. The van der Waals surface area contributed by atoms with Crippen molar-refractivity contribution in [2.75, 3.05) is 0 Å². The molecule has 3 amide bonds. The maximum absolute atomic E-state index is 13.6. The summed E-state index contributed by atoms with van der Waals surface area (Å²) in [7, 11) is 0. The fourth-order valence-corrected chi connectivity index (χ4v) is 11.6. The van der Waals surface area contributed by atoms with Crippen LogP contribution in [0.2, 0.25) is 0 Å². The highest BCUT2D eigenvalue weighted by atomic mass is 32.1. The summed E-state index contributed by atoms with van der Waals surface area (Å²) in [6, 6.07) is 39.5. The second kappa shape index (κ2) is 30.2. The molecule has 452 valence electrons. The van der Waals surface area contributed by atoms with Crippen molar-refractivity contribution in [3.63, 3.8) is 0 Å². The van der Waals surface area contributed by atoms with Crippen LogP contribution in [0, 0.1) is 24.1 Å². The third-order valence-electron chi connectivity index (χ3n) is 13.5. The smallest absolute Gasteiger partial charge is 0.347 e. The molecule has 0 aliphatic rings. The molecule has 0 saturated heterocycles. The highest BCUT2D eigenvalue weighted by molar-refractivity contribution is 7.15. The van der Waals surface area contributed by atoms with Crippen LogP contribution in [-0.2, 0) is 65.3 Å². The molecule has 0 bridgehead atoms. The van der Waals surface area contributed by atoms with E-state index in [2.05, 4.69) is 97.6 Å². The number of halogens is 7. The maximum atomic E-state index is 13.6. The Hall–Kier alpha value is -8.59. The van der Waals surface area contributed by atoms with Gasteiger partial charge in [0.2, 0.25) is 17.7 Å². The fourth-order valence-electron chi connectivity index (χ4n) is 8.88. The summed E-state index contributed by atoms with van der Waals surface area (Å²) in [4.78, 5) is 35.1. The normalized spacial score (nSPS) is 12.3. The monoisotopic (exact) mass is 1250 g/mol. The van der Waals surface area contributed by atoms with Crippen LogP contribution in [-0.4, -0.2) is 48.3 Å². The minimum atomic E-state index is -4.81. The van der Waals surface area contributed by atoms with Crippen molar-refractivity contribution in [3.05, 3.63) is 210 Å². The minimum absolute atomic E-state index is 0.0969. The van der Waals surface area contributed by atoms with Crippen molar-refractivity contribution in [2.24, 2.45) is 0 Å². The number of carbonyl (C=O) groups excluding carboxylic acids is 3. The van der Waals surface area contributed by atoms with E-state index < -0.39 is 41.4 Å². The molecule has 3 unspecified atom stereocenters. The minimum Gasteiger partial charge on any atom is -0.347 e. The van der Waals surface area contributed by atoms with Gasteiger partial charge in [-0.2, -0.15) is 31.6 Å². The highest BCUT2D eigenvalue weighted by Gasteiger charge is 2.35. The number of benzene rings is 6. The van der Waals surface area contributed by atoms with Crippen molar-refractivity contribution in [1.82, 2.24) is 46.5 Å². The summed E-state index contributed by atoms with van der Waals surface area (Å²) in [5.74, 6) is -1.91. The van der Waals surface area contributed by atoms with Gasteiger partial charge < -0.3 is 16.0 Å². The standard InChI is InChI=1S/C22H22F3N3OS.C21H19F4N3OS.C21H20N4OS/c1-4-15-6-8-16(9-7-15)11-19(26-14(3)29)21-28-27-20(30-21)17-10-5-13(2)18(12-17)22(23,24)25;1-3-13-4-6-14(7-5-13)10-18(26-12(2)29)20-28-27-19(30-20)15-8-9-17(22)16(11-15)21(23,24)25;1-3-15-4-6-16(7-5-15)12-19(23-14(2)26)21-25-24-20(27-21)18-10-8-17(13-22)9-11-18/h5-10,12,19H,4,11H2,1-3H3,(H,26,29);4-9,11,18H,3,10H2,1-2H3,(H,26,29);4-11,19H,3,12H2,1-2H3,(H,23,26). The van der Waals surface area contributed by atoms with E-state index in [1.54, 1.807) is 18.2 Å². The Morgan fingerprint density at radius 2 is 0.770 bits per heavy atom. The SMILES string of the molecule is CCc1ccc(CC(NC(C)=O)c2nnc(-c3ccc(C#N)cc3)s2)cc1.CCc1ccc(CC(NC(C)=O)c2nnc(-c3ccc(C)c(C(F)(F)F)c3)s2)cc1.CCc1ccc(CC(NC(C)=O)c2nnc(-c3ccc(F)c(C(F)(F)F)c3)s2)cc1. The molecule has 0 fully saturated rings. The van der Waals surface area contributed by atoms with Gasteiger partial charge in [-0.15, -0.1) is 30.6 Å². The van der Waals surface area contributed by atoms with Gasteiger partial charge in [-0.3, -0.25) is 14.4 Å². The number of carbonyl (C=O) groups is 3. The molecule has 9 rings (SSSR count). The van der Waals surface area contributed by atoms with E-state index in [4.69, 9.17) is 5.26 Å². The Labute approximate surface area is 511 Å². The van der Waals surface area contributed by atoms with Crippen LogP contribution in [0.4, 0.5) is 30.7 Å². The average Bonchev–Trinajstić information content (AvgIpc) is 3.53. The van der Waals surface area contributed by atoms with E-state index in [0.29, 0.717) is 45.4 Å². The van der Waals surface area contributed by atoms with E-state index in [0.717, 1.165) is 81.1 Å². The first-order valence-electron chi connectivity index (χ1n) is 27.5. The molecule has 0 spiro atoms. The van der Waals surface area contributed by atoms with E-state index in [1.165, 1.54) is 79.2 Å². The van der Waals surface area contributed by atoms with Gasteiger partial charge in [0.1, 0.15) is 35.9 Å². The van der Waals surface area contributed by atoms with Gasteiger partial charge in [0.05, 0.1) is 40.9 Å². The number of nitrogens with zero attached hydrogens (tertiary/aromatic N) is 7. The third-order valence-corrected chi connectivity index (χ3v) is 16.8. The van der Waals surface area contributed by atoms with Crippen LogP contribution in [0.5, 0.6) is 0 Å². The molecule has 3 atom stereocenters. The molecule has 87 heavy (non-hydrogen) atoms. The molecule has 0 aliphatic heterocycles. The number of nitrogens with one attached hydrogen (secondary N) is 3. The molecule has 6 aromatic carbocycles. The lowest BCUT2D eigenvalue weighted by atomic mass is 10.0. The van der Waals surface area contributed by atoms with E-state index in [-0.39, 0.29) is 39.9 Å². The highest BCUT2D eigenvalue weighted by Crippen LogP contribution is 2.38. The Bertz CT molecular complexity index is 3640. The van der Waals surface area contributed by atoms with Gasteiger partial charge in [0.25, 0.3) is 0 Å². The van der Waals surface area contributed by atoms with Gasteiger partial charge in [-0.25, -0.2) is 4.39 Å². The molecule has 9 aromatic rings. The van der Waals surface area contributed by atoms with Gasteiger partial charge >= 0.3 is 12.4 Å². The van der Waals surface area contributed by atoms with E-state index in [1.807, 2.05) is 60.7 Å². The molecule has 23 heteroatoms. The summed E-state index contributed by atoms with van der Waals surface area (Å²) in [6.45, 7) is 12.0. The number of alkyl halides is 6. The van der Waals surface area contributed by atoms with Crippen LogP contribution in [0.25, 0.3) is 31.7 Å². The summed E-state index contributed by atoms with van der Waals surface area (Å²) in [6.07, 6.45) is -4.77. The summed E-state index contributed by atoms with van der Waals surface area (Å²) < 4.78 is 92.3. The number of hydrogen-bond donors (Lipinski definition) is 3. The molecular weight excluding hydrogens is 1190 g/mol. The quantitative estimate of drug-likeness (QED) is 0.0698. The summed E-state index contributed by atoms with van der Waals surface area (Å²) in [5, 5.41) is 45.6. The van der Waals surface area contributed by atoms with Crippen LogP contribution in [0.3, 0.4) is 0 Å². The van der Waals surface area contributed by atoms with Crippen molar-refractivity contribution in [3.8, 4) is 37.8 Å².